The van der Waals surface area contributed by atoms with Crippen molar-refractivity contribution >= 4 is 35.8 Å². The number of imidazole rings is 1. The number of hydrogen-bond donors (Lipinski definition) is 6. The average molecular weight is 618 g/mol. The molecule has 0 aliphatic rings. The number of carbonyl (C=O) groups is 6. The molecule has 19 nitrogen and oxygen atoms in total. The topological polar surface area (TPSA) is 317 Å². The van der Waals surface area contributed by atoms with E-state index < -0.39 is 59.4 Å². The minimum absolute atomic E-state index is 0.00467. The van der Waals surface area contributed by atoms with Gasteiger partial charge in [0, 0.05) is 39.3 Å². The van der Waals surface area contributed by atoms with E-state index >= 15 is 0 Å². The van der Waals surface area contributed by atoms with Crippen LogP contribution in [0.3, 0.4) is 0 Å². The first-order valence-electron chi connectivity index (χ1n) is 13.1. The van der Waals surface area contributed by atoms with Gasteiger partial charge in [0.2, 0.25) is 0 Å². The van der Waals surface area contributed by atoms with Crippen LogP contribution in [0.5, 0.6) is 6.01 Å². The number of H-pyrrole nitrogens is 1. The van der Waals surface area contributed by atoms with Crippen molar-refractivity contribution < 1.29 is 57.5 Å². The van der Waals surface area contributed by atoms with Gasteiger partial charge in [-0.2, -0.15) is 0 Å². The molecule has 19 heteroatoms. The van der Waals surface area contributed by atoms with Crippen molar-refractivity contribution in [3.63, 3.8) is 0 Å². The number of nitrogens with two attached hydrogens (primary N) is 5. The molecule has 1 heterocycles. The highest BCUT2D eigenvalue weighted by Crippen LogP contribution is 2.25. The first-order chi connectivity index (χ1) is 20.1. The molecule has 11 N–H and O–H groups in total. The summed E-state index contributed by atoms with van der Waals surface area (Å²) in [4.78, 5) is 88.5. The minimum Gasteiger partial charge on any atom is -0.452 e. The van der Waals surface area contributed by atoms with E-state index in [9.17, 15) is 28.8 Å². The maximum absolute atomic E-state index is 13.3. The molecule has 0 aromatic carbocycles. The van der Waals surface area contributed by atoms with Crippen molar-refractivity contribution in [3.05, 3.63) is 11.9 Å². The minimum atomic E-state index is -2.99. The van der Waals surface area contributed by atoms with Crippen LogP contribution in [-0.4, -0.2) is 82.5 Å². The Hall–Kier alpha value is -4.17. The van der Waals surface area contributed by atoms with Crippen molar-refractivity contribution in [1.82, 2.24) is 9.97 Å². The van der Waals surface area contributed by atoms with E-state index in [2.05, 4.69) is 19.7 Å². The summed E-state index contributed by atoms with van der Waals surface area (Å²) in [6.07, 6.45) is -0.786. The predicted molar refractivity (Wildman–Crippen MR) is 142 cm³/mol. The number of rotatable bonds is 17. The van der Waals surface area contributed by atoms with E-state index in [-0.39, 0.29) is 56.9 Å². The van der Waals surface area contributed by atoms with Gasteiger partial charge in [0.15, 0.2) is 6.10 Å². The Kier molecular flexibility index (Phi) is 14.6. The Labute approximate surface area is 246 Å². The lowest BCUT2D eigenvalue weighted by Crippen LogP contribution is -2.65. The lowest BCUT2D eigenvalue weighted by molar-refractivity contribution is -0.277. The van der Waals surface area contributed by atoms with Gasteiger partial charge in [-0.3, -0.25) is 25.9 Å². The van der Waals surface area contributed by atoms with Gasteiger partial charge in [0.05, 0.1) is 6.20 Å². The van der Waals surface area contributed by atoms with Gasteiger partial charge in [0.25, 0.3) is 5.72 Å². The molecular formula is C24H39N7O12. The van der Waals surface area contributed by atoms with Gasteiger partial charge in [-0.05, 0) is 38.8 Å². The third-order valence-electron chi connectivity index (χ3n) is 5.48. The molecule has 43 heavy (non-hydrogen) atoms. The molecule has 0 aliphatic carbocycles. The fourth-order valence-electron chi connectivity index (χ4n) is 3.47. The highest BCUT2D eigenvalue weighted by Gasteiger charge is 2.54. The van der Waals surface area contributed by atoms with E-state index in [1.54, 1.807) is 0 Å². The maximum Gasteiger partial charge on any atom is 0.417 e. The number of hydrogen-bond acceptors (Lipinski definition) is 18. The standard InChI is InChI=1S/C24H39N7O12/c1-13(32)38-22-30-12-16(31-22)11-17(27)19(35)41-24(29,21(37)43-42-15(3)34)18(7-6-10-26)39-20(36)23(28,40-14(2)33)8-4-5-9-25/h12,17-18H,4-11,25-29H2,1-3H3,(H,30,31). The van der Waals surface area contributed by atoms with E-state index in [4.69, 9.17) is 47.6 Å². The van der Waals surface area contributed by atoms with E-state index in [1.807, 2.05) is 0 Å². The lowest BCUT2D eigenvalue weighted by atomic mass is 10.0. The monoisotopic (exact) mass is 617 g/mol. The predicted octanol–water partition coefficient (Wildman–Crippen LogP) is -2.58. The molecule has 0 amide bonds. The largest absolute Gasteiger partial charge is 0.452 e. The smallest absolute Gasteiger partial charge is 0.417 e. The summed E-state index contributed by atoms with van der Waals surface area (Å²) in [5.74, 6) is -6.99. The Bertz CT molecular complexity index is 1150. The van der Waals surface area contributed by atoms with Crippen molar-refractivity contribution in [2.24, 2.45) is 28.7 Å². The Morgan fingerprint density at radius 2 is 1.53 bits per heavy atom. The summed E-state index contributed by atoms with van der Waals surface area (Å²) in [6, 6.07) is -1.69. The molecule has 0 fully saturated rings. The number of ether oxygens (including phenoxy) is 4. The van der Waals surface area contributed by atoms with Crippen LogP contribution in [0.2, 0.25) is 0 Å². The van der Waals surface area contributed by atoms with Crippen molar-refractivity contribution in [3.8, 4) is 6.01 Å². The molecule has 0 bridgehead atoms. The fourth-order valence-corrected chi connectivity index (χ4v) is 3.47. The van der Waals surface area contributed by atoms with Gasteiger partial charge in [-0.25, -0.2) is 29.1 Å². The first kappa shape index (κ1) is 36.9. The van der Waals surface area contributed by atoms with Crippen LogP contribution in [0.25, 0.3) is 0 Å². The summed E-state index contributed by atoms with van der Waals surface area (Å²) >= 11 is 0. The first-order valence-corrected chi connectivity index (χ1v) is 13.1. The van der Waals surface area contributed by atoms with Gasteiger partial charge in [-0.1, -0.05) is 0 Å². The van der Waals surface area contributed by atoms with E-state index in [1.165, 1.54) is 6.20 Å². The molecule has 0 saturated carbocycles. The van der Waals surface area contributed by atoms with E-state index in [0.717, 1.165) is 20.8 Å². The maximum atomic E-state index is 13.3. The second kappa shape index (κ2) is 17.1. The molecule has 1 aromatic rings. The second-order valence-corrected chi connectivity index (χ2v) is 9.33. The van der Waals surface area contributed by atoms with Crippen LogP contribution in [0.4, 0.5) is 0 Å². The number of carbonyl (C=O) groups excluding carboxylic acids is 6. The third kappa shape index (κ3) is 11.9. The van der Waals surface area contributed by atoms with Crippen LogP contribution in [0.1, 0.15) is 58.6 Å². The average Bonchev–Trinajstić information content (AvgIpc) is 3.34. The third-order valence-corrected chi connectivity index (χ3v) is 5.48. The number of esters is 4. The fraction of sp³-hybridized carbons (Fsp3) is 0.625. The Morgan fingerprint density at radius 3 is 2.09 bits per heavy atom. The summed E-state index contributed by atoms with van der Waals surface area (Å²) in [7, 11) is 0. The summed E-state index contributed by atoms with van der Waals surface area (Å²) in [5.41, 5.74) is 24.2. The van der Waals surface area contributed by atoms with Crippen LogP contribution in [-0.2, 0) is 59.2 Å². The Balaban J connectivity index is 3.37. The zero-order valence-corrected chi connectivity index (χ0v) is 24.1. The molecule has 0 radical (unpaired) electrons. The zero-order chi connectivity index (χ0) is 32.8. The van der Waals surface area contributed by atoms with Crippen molar-refractivity contribution in [1.29, 1.82) is 0 Å². The molecule has 0 aliphatic heterocycles. The Morgan fingerprint density at radius 1 is 0.884 bits per heavy atom. The number of aromatic amines is 1. The normalized spacial score (nSPS) is 15.1. The summed E-state index contributed by atoms with van der Waals surface area (Å²) in [5, 5.41) is 0. The molecular weight excluding hydrogens is 578 g/mol. The quantitative estimate of drug-likeness (QED) is 0.0261. The van der Waals surface area contributed by atoms with Crippen LogP contribution in [0, 0.1) is 0 Å². The second-order valence-electron chi connectivity index (χ2n) is 9.33. The van der Waals surface area contributed by atoms with Crippen LogP contribution < -0.4 is 33.4 Å². The highest BCUT2D eigenvalue weighted by molar-refractivity contribution is 5.87. The van der Waals surface area contributed by atoms with Gasteiger partial charge < -0.3 is 41.1 Å². The number of aromatic nitrogens is 2. The van der Waals surface area contributed by atoms with Gasteiger partial charge in [0.1, 0.15) is 6.04 Å². The van der Waals surface area contributed by atoms with Gasteiger partial charge in [-0.15, -0.1) is 0 Å². The molecule has 0 saturated heterocycles. The molecule has 1 rings (SSSR count). The number of nitrogens with zero attached hydrogens (tertiary/aromatic N) is 1. The van der Waals surface area contributed by atoms with Crippen molar-refractivity contribution in [2.75, 3.05) is 13.1 Å². The number of nitrogens with one attached hydrogen (secondary N) is 1. The SMILES string of the molecule is CC(=O)OOC(=O)C(N)(OC(=O)C(N)Cc1cnc(OC(C)=O)[nH]1)C(CCCN)OC(=O)C(N)(CCCCN)OC(C)=O. The summed E-state index contributed by atoms with van der Waals surface area (Å²) in [6.45, 7) is 3.30. The zero-order valence-electron chi connectivity index (χ0n) is 24.1. The van der Waals surface area contributed by atoms with Crippen LogP contribution in [0.15, 0.2) is 6.20 Å². The number of unbranched alkanes of at least 4 members (excludes halogenated alkanes) is 1. The molecule has 4 unspecified atom stereocenters. The van der Waals surface area contributed by atoms with Gasteiger partial charge >= 0.3 is 47.6 Å². The van der Waals surface area contributed by atoms with Crippen LogP contribution >= 0.6 is 0 Å². The van der Waals surface area contributed by atoms with Crippen molar-refractivity contribution in [2.45, 2.75) is 82.9 Å². The molecule has 0 spiro atoms. The summed E-state index contributed by atoms with van der Waals surface area (Å²) < 4.78 is 20.5. The lowest BCUT2D eigenvalue weighted by Gasteiger charge is -2.36. The molecule has 1 aromatic heterocycles. The van der Waals surface area contributed by atoms with E-state index in [0.29, 0.717) is 6.42 Å². The highest BCUT2D eigenvalue weighted by atomic mass is 17.2. The molecule has 242 valence electrons. The molecule has 4 atom stereocenters.